The van der Waals surface area contributed by atoms with E-state index in [4.69, 9.17) is 13.3 Å². The van der Waals surface area contributed by atoms with Crippen LogP contribution in [0.15, 0.2) is 213 Å². The van der Waals surface area contributed by atoms with E-state index in [0.717, 1.165) is 59.2 Å². The van der Waals surface area contributed by atoms with Gasteiger partial charge in [-0.15, -0.1) is 0 Å². The second kappa shape index (κ2) is 30.4. The summed E-state index contributed by atoms with van der Waals surface area (Å²) in [6.07, 6.45) is 35.1. The second-order valence-electron chi connectivity index (χ2n) is 40.4. The number of furan rings is 3. The summed E-state index contributed by atoms with van der Waals surface area (Å²) in [5.74, 6) is 0. The predicted molar refractivity (Wildman–Crippen MR) is 518 cm³/mol. The van der Waals surface area contributed by atoms with Gasteiger partial charge in [-0.25, -0.2) is 0 Å². The Bertz CT molecular complexity index is 6400. The minimum absolute atomic E-state index is 0.142. The number of para-hydroxylation sites is 3. The Morgan fingerprint density at radius 3 is 1.01 bits per heavy atom. The van der Waals surface area contributed by atoms with Crippen LogP contribution in [0.25, 0.3) is 133 Å². The predicted octanol–water partition coefficient (Wildman–Crippen LogP) is 35.6. The van der Waals surface area contributed by atoms with Crippen LogP contribution in [0.1, 0.15) is 330 Å². The molecule has 0 saturated heterocycles. The van der Waals surface area contributed by atoms with E-state index in [0.29, 0.717) is 0 Å². The molecule has 3 aromatic heterocycles. The number of fused-ring (bicyclic) bond motifs is 34. The molecule has 0 saturated carbocycles. The Morgan fingerprint density at radius 2 is 0.557 bits per heavy atom. The summed E-state index contributed by atoms with van der Waals surface area (Å²) in [6, 6.07) is 79.3. The molecule has 4 nitrogen and oxygen atoms in total. The van der Waals surface area contributed by atoms with Crippen molar-refractivity contribution in [3.63, 3.8) is 0 Å². The molecule has 12 aromatic carbocycles. The fourth-order valence-corrected chi connectivity index (χ4v) is 25.8. The van der Waals surface area contributed by atoms with Crippen LogP contribution in [-0.4, -0.2) is 0 Å². The van der Waals surface area contributed by atoms with Crippen LogP contribution < -0.4 is 4.90 Å². The monoisotopic (exact) mass is 1600 g/mol. The first-order valence-corrected chi connectivity index (χ1v) is 48.1. The molecule has 6 aliphatic rings. The van der Waals surface area contributed by atoms with Crippen LogP contribution in [-0.2, 0) is 32.5 Å². The highest BCUT2D eigenvalue weighted by Crippen LogP contribution is 2.69. The third kappa shape index (κ3) is 11.7. The molecule has 0 amide bonds. The van der Waals surface area contributed by atoms with Crippen LogP contribution in [0.5, 0.6) is 0 Å². The zero-order chi connectivity index (χ0) is 83.3. The number of nitrogens with zero attached hydrogens (tertiary/aromatic N) is 1. The van der Waals surface area contributed by atoms with Crippen LogP contribution in [0, 0.1) is 0 Å². The SMILES string of the molecule is CCCCCCCCC1(CCCCCCCC)c2cc(N(c3ccc4c(c3)C(C)(C)c3c5c(c6oc7ccccc7c6c3-4)-c3ccccc3C5(C)C)c3ccc4c(c3)C(C)(C)c3c5c(c6oc7ccccc7c6c3-4)-c3ccccc3C5(C)C)ccc2-c2cc3c(cc21)-c1c(ccc2oc4ccccc4c12)C3(CCCCCCCC)CCCCCCCC. The fourth-order valence-electron chi connectivity index (χ4n) is 25.8. The number of unbranched alkanes of at least 4 members (excludes halogenated alkanes) is 20. The average molecular weight is 1610 g/mol. The van der Waals surface area contributed by atoms with Crippen molar-refractivity contribution in [3.8, 4) is 66.8 Å². The molecular weight excluding hydrogens is 1480 g/mol. The Balaban J connectivity index is 0.808. The van der Waals surface area contributed by atoms with Gasteiger partial charge in [0.1, 0.15) is 33.5 Å². The normalized spacial score (nSPS) is 16.0. The Hall–Kier alpha value is -10.2. The molecule has 0 aliphatic heterocycles. The van der Waals surface area contributed by atoms with Crippen molar-refractivity contribution in [3.05, 3.63) is 267 Å². The third-order valence-corrected chi connectivity index (χ3v) is 31.7. The van der Waals surface area contributed by atoms with Gasteiger partial charge in [0, 0.05) is 93.0 Å². The number of anilines is 3. The maximum absolute atomic E-state index is 7.29. The molecule has 21 rings (SSSR count). The van der Waals surface area contributed by atoms with Crippen LogP contribution >= 0.6 is 0 Å². The summed E-state index contributed by atoms with van der Waals surface area (Å²) < 4.78 is 21.6. The fraction of sp³-hybridized carbons (Fsp3) is 0.390. The summed E-state index contributed by atoms with van der Waals surface area (Å²) in [7, 11) is 0. The number of hydrogen-bond donors (Lipinski definition) is 0. The van der Waals surface area contributed by atoms with E-state index >= 15 is 0 Å². The van der Waals surface area contributed by atoms with Crippen LogP contribution in [0.3, 0.4) is 0 Å². The summed E-state index contributed by atoms with van der Waals surface area (Å²) in [6.45, 7) is 29.5. The van der Waals surface area contributed by atoms with Gasteiger partial charge in [-0.05, 0) is 221 Å². The molecule has 0 fully saturated rings. The van der Waals surface area contributed by atoms with Gasteiger partial charge in [0.15, 0.2) is 0 Å². The Kier molecular flexibility index (Phi) is 19.7. The number of benzene rings is 12. The molecule has 0 unspecified atom stereocenters. The zero-order valence-electron chi connectivity index (χ0n) is 75.0. The smallest absolute Gasteiger partial charge is 0.144 e. The maximum Gasteiger partial charge on any atom is 0.144 e. The van der Waals surface area contributed by atoms with E-state index in [-0.39, 0.29) is 21.7 Å². The molecule has 122 heavy (non-hydrogen) atoms. The van der Waals surface area contributed by atoms with Crippen molar-refractivity contribution >= 4 is 82.9 Å². The lowest BCUT2D eigenvalue weighted by Gasteiger charge is -2.35. The van der Waals surface area contributed by atoms with Crippen molar-refractivity contribution in [2.24, 2.45) is 0 Å². The van der Waals surface area contributed by atoms with E-state index in [1.165, 1.54) is 320 Å². The number of hydrogen-bond acceptors (Lipinski definition) is 4. The van der Waals surface area contributed by atoms with Gasteiger partial charge < -0.3 is 18.2 Å². The van der Waals surface area contributed by atoms with Crippen molar-refractivity contribution in [1.82, 2.24) is 0 Å². The molecule has 0 spiro atoms. The lowest BCUT2D eigenvalue weighted by atomic mass is 9.68. The first-order chi connectivity index (χ1) is 59.4. The molecule has 0 bridgehead atoms. The molecule has 620 valence electrons. The minimum atomic E-state index is -0.414. The summed E-state index contributed by atoms with van der Waals surface area (Å²) >= 11 is 0. The van der Waals surface area contributed by atoms with Gasteiger partial charge in [-0.1, -0.05) is 365 Å². The lowest BCUT2D eigenvalue weighted by Crippen LogP contribution is -2.27. The lowest BCUT2D eigenvalue weighted by molar-refractivity contribution is 0.394. The van der Waals surface area contributed by atoms with Gasteiger partial charge in [0.05, 0.1) is 0 Å². The number of rotatable bonds is 31. The van der Waals surface area contributed by atoms with E-state index in [1.807, 2.05) is 0 Å². The summed E-state index contributed by atoms with van der Waals surface area (Å²) in [5.41, 5.74) is 41.3. The first-order valence-electron chi connectivity index (χ1n) is 48.1. The van der Waals surface area contributed by atoms with Crippen molar-refractivity contribution in [1.29, 1.82) is 0 Å². The van der Waals surface area contributed by atoms with E-state index in [9.17, 15) is 0 Å². The summed E-state index contributed by atoms with van der Waals surface area (Å²) in [5, 5.41) is 7.41. The van der Waals surface area contributed by atoms with Crippen molar-refractivity contribution < 1.29 is 13.3 Å². The third-order valence-electron chi connectivity index (χ3n) is 31.7. The van der Waals surface area contributed by atoms with Gasteiger partial charge in [0.25, 0.3) is 0 Å². The highest BCUT2D eigenvalue weighted by Gasteiger charge is 2.54. The zero-order valence-corrected chi connectivity index (χ0v) is 75.0. The van der Waals surface area contributed by atoms with Gasteiger partial charge in [-0.2, -0.15) is 0 Å². The standard InChI is InChI=1S/C118H125NO3/c1-13-17-21-25-29-43-65-117(66-44-30-26-22-18-14-2)89-63-64-98-100(82-49-35-40-54-95(82)120-98)99(89)86-73-93-85(72-94(86)117)77-60-57-76(71-92(77)118(93,67-45-31-27-23-19-15-3)68-46-32-28-24-20-16-4)119(74-58-61-80-90(69-74)115(9,10)107-101(80)103-83-50-36-41-55-96(83)121-111(103)105-78-47-33-38-52-87(78)113(5,6)109(105)107)75-59-62-81-91(70-75)116(11,12)108-102(81)104-84-51-37-42-56-97(84)122-112(104)106-79-48-34-39-53-88(79)114(7,8)110(106)108/h33-42,47-64,69-73H,13-32,43-46,65-68H2,1-12H3. The molecule has 0 radical (unpaired) electrons. The average Bonchev–Trinajstić information content (AvgIpc) is 1.97. The molecule has 6 aliphatic carbocycles. The van der Waals surface area contributed by atoms with Crippen molar-refractivity contribution in [2.75, 3.05) is 4.90 Å². The van der Waals surface area contributed by atoms with Gasteiger partial charge in [-0.3, -0.25) is 0 Å². The molecule has 15 aromatic rings. The van der Waals surface area contributed by atoms with E-state index in [2.05, 4.69) is 288 Å². The van der Waals surface area contributed by atoms with E-state index < -0.39 is 10.8 Å². The largest absolute Gasteiger partial charge is 0.456 e. The second-order valence-corrected chi connectivity index (χ2v) is 40.4. The first kappa shape index (κ1) is 79.0. The molecule has 3 heterocycles. The highest BCUT2D eigenvalue weighted by atomic mass is 16.3. The molecular formula is C118H125NO3. The quantitative estimate of drug-likeness (QED) is 0.0406. The Morgan fingerprint density at radius 1 is 0.230 bits per heavy atom. The maximum atomic E-state index is 7.29. The highest BCUT2D eigenvalue weighted by molar-refractivity contribution is 6.23. The van der Waals surface area contributed by atoms with Crippen LogP contribution in [0.2, 0.25) is 0 Å². The summed E-state index contributed by atoms with van der Waals surface area (Å²) in [4.78, 5) is 2.74. The van der Waals surface area contributed by atoms with Crippen LogP contribution in [0.4, 0.5) is 17.1 Å². The molecule has 4 heteroatoms. The topological polar surface area (TPSA) is 42.7 Å². The van der Waals surface area contributed by atoms with Gasteiger partial charge >= 0.3 is 0 Å². The van der Waals surface area contributed by atoms with Crippen molar-refractivity contribution in [2.45, 2.75) is 295 Å². The van der Waals surface area contributed by atoms with E-state index in [1.54, 1.807) is 16.7 Å². The molecule has 0 atom stereocenters. The van der Waals surface area contributed by atoms with Gasteiger partial charge in [0.2, 0.25) is 0 Å². The minimum Gasteiger partial charge on any atom is -0.456 e. The molecule has 0 N–H and O–H groups in total. The Labute approximate surface area is 725 Å².